The molecule has 0 N–H and O–H groups in total. The van der Waals surface area contributed by atoms with Crippen molar-refractivity contribution < 1.29 is 26.2 Å². The molecule has 0 aromatic carbocycles. The second-order valence-corrected chi connectivity index (χ2v) is 13.7. The topological polar surface area (TPSA) is 65.6 Å². The normalized spacial score (nSPS) is 30.0. The van der Waals surface area contributed by atoms with E-state index >= 15 is 0 Å². The minimum atomic E-state index is -0.976. The van der Waals surface area contributed by atoms with E-state index < -0.39 is 12.3 Å². The summed E-state index contributed by atoms with van der Waals surface area (Å²) in [6.45, 7) is 11.1. The quantitative estimate of drug-likeness (QED) is 0.218. The molecule has 8 nitrogen and oxygen atoms in total. The number of carbonyl (C=O) groups is 2. The van der Waals surface area contributed by atoms with E-state index in [0.29, 0.717) is 38.5 Å². The Kier molecular flexibility index (Phi) is 14.0. The van der Waals surface area contributed by atoms with Crippen molar-refractivity contribution in [3.8, 4) is 0 Å². The summed E-state index contributed by atoms with van der Waals surface area (Å²) < 4.78 is 40.4. The van der Waals surface area contributed by atoms with Gasteiger partial charge < -0.3 is 27.4 Å². The van der Waals surface area contributed by atoms with E-state index in [1.54, 1.807) is 6.92 Å². The molecule has 0 radical (unpaired) electrons. The Morgan fingerprint density at radius 2 is 1.40 bits per heavy atom. The number of amides is 2. The fourth-order valence-corrected chi connectivity index (χ4v) is 7.71. The van der Waals surface area contributed by atoms with Gasteiger partial charge in [0.25, 0.3) is 0 Å². The number of carbonyl (C=O) groups excluding carboxylic acids is 2. The van der Waals surface area contributed by atoms with Crippen LogP contribution >= 0.6 is 23.0 Å². The number of nitrogens with zero attached hydrogens (tertiary/aromatic N) is 4. The Morgan fingerprint density at radius 1 is 0.810 bits per heavy atom. The maximum absolute atomic E-state index is 14.9. The first kappa shape index (κ1) is 34.2. The van der Waals surface area contributed by atoms with Gasteiger partial charge in [-0.15, -0.1) is 0 Å². The van der Waals surface area contributed by atoms with Crippen LogP contribution in [-0.2, 0) is 17.4 Å². The van der Waals surface area contributed by atoms with Crippen molar-refractivity contribution in [3.05, 3.63) is 0 Å². The molecule has 0 bridgehead atoms. The van der Waals surface area contributed by atoms with Gasteiger partial charge in [0, 0.05) is 65.2 Å². The highest BCUT2D eigenvalue weighted by atomic mass is 127. The maximum Gasteiger partial charge on any atom is 0.225 e. The number of hydrogen-bond donors (Lipinski definition) is 0. The van der Waals surface area contributed by atoms with Crippen LogP contribution < -0.4 is 0 Å². The number of alkyl halides is 2. The van der Waals surface area contributed by atoms with Crippen molar-refractivity contribution in [2.24, 2.45) is 11.8 Å². The Balaban J connectivity index is 1.04. The lowest BCUT2D eigenvalue weighted by Crippen LogP contribution is -2.48. The molecule has 11 heteroatoms. The maximum atomic E-state index is 14.9. The van der Waals surface area contributed by atoms with Gasteiger partial charge in [0.05, 0.1) is 12.2 Å². The number of ether oxygens (including phenoxy) is 1. The van der Waals surface area contributed by atoms with Gasteiger partial charge in [0.15, 0.2) is 0 Å². The molecule has 5 unspecified atom stereocenters. The summed E-state index contributed by atoms with van der Waals surface area (Å²) in [5.74, 6) is 0.997. The van der Waals surface area contributed by atoms with E-state index in [1.807, 2.05) is 39.7 Å². The Hall–Kier alpha value is -0.630. The SMILES string of the molecule is CC(=O)N1CCC(OC2CCN(CCCCC(C)C(=O)N3CCC(CCN4CCC(OI)C(F)C4)CC3)CC2F)CC1. The van der Waals surface area contributed by atoms with Crippen LogP contribution in [-0.4, -0.2) is 128 Å². The van der Waals surface area contributed by atoms with E-state index in [0.717, 1.165) is 97.1 Å². The lowest BCUT2D eigenvalue weighted by atomic mass is 9.91. The molecular formula is C31H53F2IN4O4. The number of likely N-dealkylation sites (tertiary alicyclic amines) is 4. The minimum Gasteiger partial charge on any atom is -0.372 e. The smallest absolute Gasteiger partial charge is 0.225 e. The molecule has 0 spiro atoms. The molecule has 0 aromatic heterocycles. The van der Waals surface area contributed by atoms with Crippen molar-refractivity contribution in [2.45, 2.75) is 109 Å². The third-order valence-electron chi connectivity index (χ3n) is 10.1. The highest BCUT2D eigenvalue weighted by molar-refractivity contribution is 14.1. The van der Waals surface area contributed by atoms with Crippen LogP contribution in [0, 0.1) is 11.8 Å². The lowest BCUT2D eigenvalue weighted by Gasteiger charge is -2.38. The molecule has 5 atom stereocenters. The Labute approximate surface area is 265 Å². The fraction of sp³-hybridized carbons (Fsp3) is 0.935. The molecule has 4 aliphatic rings. The zero-order valence-electron chi connectivity index (χ0n) is 25.7. The van der Waals surface area contributed by atoms with Crippen LogP contribution in [0.1, 0.15) is 78.1 Å². The highest BCUT2D eigenvalue weighted by Gasteiger charge is 2.34. The van der Waals surface area contributed by atoms with Crippen LogP contribution in [0.3, 0.4) is 0 Å². The summed E-state index contributed by atoms with van der Waals surface area (Å²) in [7, 11) is 0. The van der Waals surface area contributed by atoms with Crippen LogP contribution in [0.25, 0.3) is 0 Å². The van der Waals surface area contributed by atoms with E-state index in [2.05, 4.69) is 9.80 Å². The van der Waals surface area contributed by atoms with E-state index in [1.165, 1.54) is 0 Å². The summed E-state index contributed by atoms with van der Waals surface area (Å²) in [6.07, 6.45) is 6.56. The summed E-state index contributed by atoms with van der Waals surface area (Å²) in [6, 6.07) is 0. The number of piperidine rings is 4. The van der Waals surface area contributed by atoms with E-state index in [4.69, 9.17) is 7.80 Å². The zero-order valence-corrected chi connectivity index (χ0v) is 27.9. The Bertz CT molecular complexity index is 844. The molecule has 4 aliphatic heterocycles. The van der Waals surface area contributed by atoms with Crippen LogP contribution in [0.4, 0.5) is 8.78 Å². The molecule has 4 fully saturated rings. The predicted octanol–water partition coefficient (Wildman–Crippen LogP) is 4.64. The summed E-state index contributed by atoms with van der Waals surface area (Å²) in [5.41, 5.74) is 0. The van der Waals surface area contributed by atoms with Crippen LogP contribution in [0.2, 0.25) is 0 Å². The Morgan fingerprint density at radius 3 is 2.00 bits per heavy atom. The molecule has 4 saturated heterocycles. The molecule has 0 aliphatic carbocycles. The molecule has 0 aromatic rings. The first-order valence-electron chi connectivity index (χ1n) is 16.4. The van der Waals surface area contributed by atoms with Gasteiger partial charge in [-0.05, 0) is 76.8 Å². The van der Waals surface area contributed by atoms with Crippen molar-refractivity contribution in [3.63, 3.8) is 0 Å². The molecule has 42 heavy (non-hydrogen) atoms. The van der Waals surface area contributed by atoms with Gasteiger partial charge >= 0.3 is 0 Å². The number of unbranched alkanes of at least 4 members (excludes halogenated alkanes) is 1. The van der Waals surface area contributed by atoms with Crippen molar-refractivity contribution in [1.82, 2.24) is 19.6 Å². The molecule has 4 rings (SSSR count). The summed E-state index contributed by atoms with van der Waals surface area (Å²) in [4.78, 5) is 32.9. The monoisotopic (exact) mass is 710 g/mol. The lowest BCUT2D eigenvalue weighted by molar-refractivity contribution is -0.137. The van der Waals surface area contributed by atoms with Gasteiger partial charge in [-0.1, -0.05) is 13.3 Å². The predicted molar refractivity (Wildman–Crippen MR) is 168 cm³/mol. The fourth-order valence-electron chi connectivity index (χ4n) is 7.13. The third-order valence-corrected chi connectivity index (χ3v) is 10.7. The van der Waals surface area contributed by atoms with Gasteiger partial charge in [0.1, 0.15) is 41.5 Å². The molecule has 242 valence electrons. The number of rotatable bonds is 12. The second kappa shape index (κ2) is 17.2. The molecule has 4 heterocycles. The van der Waals surface area contributed by atoms with E-state index in [9.17, 15) is 18.4 Å². The standard InChI is InChI=1S/C31H53F2IN4O4/c1-23(31(40)38-17-7-25(8-18-38)6-14-36-16-12-30(42-34)28(33)22-36)5-3-4-13-35-15-11-29(27(32)21-35)41-26-9-19-37(20-10-26)24(2)39/h23,25-30H,3-22H2,1-2H3. The number of hydrogen-bond acceptors (Lipinski definition) is 6. The average Bonchev–Trinajstić information content (AvgIpc) is 2.99. The van der Waals surface area contributed by atoms with Crippen molar-refractivity contribution in [1.29, 1.82) is 0 Å². The average molecular weight is 711 g/mol. The minimum absolute atomic E-state index is 0.0203. The highest BCUT2D eigenvalue weighted by Crippen LogP contribution is 2.26. The second-order valence-electron chi connectivity index (χ2n) is 13.2. The zero-order chi connectivity index (χ0) is 30.1. The van der Waals surface area contributed by atoms with Gasteiger partial charge in [0.2, 0.25) is 11.8 Å². The molecule has 0 saturated carbocycles. The first-order chi connectivity index (χ1) is 20.2. The summed E-state index contributed by atoms with van der Waals surface area (Å²) >= 11 is 1.81. The van der Waals surface area contributed by atoms with Crippen molar-refractivity contribution >= 4 is 34.8 Å². The van der Waals surface area contributed by atoms with Crippen LogP contribution in [0.5, 0.6) is 0 Å². The van der Waals surface area contributed by atoms with Crippen LogP contribution in [0.15, 0.2) is 0 Å². The van der Waals surface area contributed by atoms with E-state index in [-0.39, 0.29) is 36.0 Å². The molecule has 2 amide bonds. The largest absolute Gasteiger partial charge is 0.372 e. The van der Waals surface area contributed by atoms with Gasteiger partial charge in [-0.3, -0.25) is 9.59 Å². The van der Waals surface area contributed by atoms with Gasteiger partial charge in [-0.2, -0.15) is 0 Å². The third kappa shape index (κ3) is 10.2. The summed E-state index contributed by atoms with van der Waals surface area (Å²) in [5, 5.41) is 0. The molecular weight excluding hydrogens is 657 g/mol. The number of halogens is 3. The van der Waals surface area contributed by atoms with Crippen molar-refractivity contribution in [2.75, 3.05) is 65.4 Å². The first-order valence-corrected chi connectivity index (χ1v) is 17.3. The van der Waals surface area contributed by atoms with Gasteiger partial charge in [-0.25, -0.2) is 8.78 Å².